The Balaban J connectivity index is 1.67. The van der Waals surface area contributed by atoms with E-state index in [9.17, 15) is 31.1 Å². The molecule has 0 fully saturated rings. The molecule has 0 unspecified atom stereocenters. The Kier molecular flexibility index (Phi) is 12.8. The number of amides is 1. The van der Waals surface area contributed by atoms with Crippen molar-refractivity contribution in [3.63, 3.8) is 0 Å². The summed E-state index contributed by atoms with van der Waals surface area (Å²) in [5, 5.41) is 10.2. The Morgan fingerprint density at radius 2 is 1.65 bits per heavy atom. The minimum Gasteiger partial charge on any atom is -0.490 e. The van der Waals surface area contributed by atoms with Gasteiger partial charge in [-0.2, -0.15) is 4.31 Å². The van der Waals surface area contributed by atoms with Crippen molar-refractivity contribution < 1.29 is 40.6 Å². The molecular formula is C35H46FN3O8S2. The largest absolute Gasteiger partial charge is 0.490 e. The van der Waals surface area contributed by atoms with Gasteiger partial charge in [-0.15, -0.1) is 0 Å². The minimum atomic E-state index is -4.12. The molecule has 0 spiro atoms. The zero-order valence-electron chi connectivity index (χ0n) is 28.5. The number of sulfonamides is 2. The van der Waals surface area contributed by atoms with E-state index >= 15 is 0 Å². The fourth-order valence-corrected chi connectivity index (χ4v) is 7.75. The minimum absolute atomic E-state index is 0.0261. The molecule has 0 saturated carbocycles. The van der Waals surface area contributed by atoms with Gasteiger partial charge in [-0.05, 0) is 94.6 Å². The van der Waals surface area contributed by atoms with Gasteiger partial charge in [0.2, 0.25) is 10.0 Å². The highest BCUT2D eigenvalue weighted by molar-refractivity contribution is 7.92. The lowest BCUT2D eigenvalue weighted by Crippen LogP contribution is -2.48. The van der Waals surface area contributed by atoms with Gasteiger partial charge in [-0.25, -0.2) is 21.2 Å². The van der Waals surface area contributed by atoms with Crippen LogP contribution in [0, 0.1) is 18.7 Å². The second-order valence-electron chi connectivity index (χ2n) is 12.7. The molecule has 1 aliphatic rings. The first-order valence-corrected chi connectivity index (χ1v) is 19.2. The van der Waals surface area contributed by atoms with Crippen LogP contribution in [0.2, 0.25) is 0 Å². The van der Waals surface area contributed by atoms with E-state index in [1.54, 1.807) is 31.2 Å². The van der Waals surface area contributed by atoms with Crippen LogP contribution in [0.1, 0.15) is 56.0 Å². The quantitative estimate of drug-likeness (QED) is 0.313. The highest BCUT2D eigenvalue weighted by atomic mass is 32.2. The summed E-state index contributed by atoms with van der Waals surface area (Å²) in [6.07, 6.45) is 1.16. The molecule has 49 heavy (non-hydrogen) atoms. The van der Waals surface area contributed by atoms with Crippen molar-refractivity contribution in [2.45, 2.75) is 75.0 Å². The third kappa shape index (κ3) is 9.79. The van der Waals surface area contributed by atoms with E-state index in [0.717, 1.165) is 36.2 Å². The third-order valence-electron chi connectivity index (χ3n) is 8.59. The summed E-state index contributed by atoms with van der Waals surface area (Å²) in [6, 6.07) is 14.7. The van der Waals surface area contributed by atoms with Crippen LogP contribution in [-0.2, 0) is 24.8 Å². The first kappa shape index (κ1) is 38.2. The molecule has 3 aromatic carbocycles. The maximum absolute atomic E-state index is 14.4. The Hall–Kier alpha value is -3.56. The second kappa shape index (κ2) is 16.4. The van der Waals surface area contributed by atoms with Crippen molar-refractivity contribution >= 4 is 31.6 Å². The van der Waals surface area contributed by atoms with E-state index in [2.05, 4.69) is 4.72 Å². The number of fused-ring (bicyclic) bond motifs is 1. The molecule has 2 N–H and O–H groups in total. The standard InChI is InChI=1S/C35H46FN3O8S2/c1-24-9-14-31(15-10-24)49(44,45)38(5)22-34-25(2)21-39(26(3)23-40)35(41)32-20-29(37-48(42,43)30-16-11-28(36)12-17-30)13-18-33(32)47-27(4)8-6-7-19-46-34/h9-18,20,25-27,34,37,40H,6-8,19,21-23H2,1-5H3/t25-,26+,27+,34+/m0/s1. The zero-order chi connectivity index (χ0) is 35.9. The summed E-state index contributed by atoms with van der Waals surface area (Å²) in [6.45, 7) is 7.41. The van der Waals surface area contributed by atoms with Gasteiger partial charge in [0.05, 0.1) is 40.2 Å². The monoisotopic (exact) mass is 719 g/mol. The van der Waals surface area contributed by atoms with Crippen molar-refractivity contribution in [2.24, 2.45) is 5.92 Å². The van der Waals surface area contributed by atoms with E-state index < -0.39 is 43.9 Å². The Morgan fingerprint density at radius 1 is 1.00 bits per heavy atom. The molecule has 0 aliphatic carbocycles. The molecular weight excluding hydrogens is 674 g/mol. The molecule has 11 nitrogen and oxygen atoms in total. The Bertz CT molecular complexity index is 1790. The SMILES string of the molecule is Cc1ccc(S(=O)(=O)N(C)C[C@H]2OCCCC[C@@H](C)Oc3ccc(NS(=O)(=O)c4ccc(F)cc4)cc3C(=O)N([C@H](C)CO)C[C@@H]2C)cc1. The van der Waals surface area contributed by atoms with Crippen molar-refractivity contribution in [1.29, 1.82) is 0 Å². The fraction of sp³-hybridized carbons (Fsp3) is 0.457. The van der Waals surface area contributed by atoms with Gasteiger partial charge in [-0.3, -0.25) is 9.52 Å². The van der Waals surface area contributed by atoms with Crippen LogP contribution in [0.3, 0.4) is 0 Å². The number of aliphatic hydroxyl groups is 1. The number of halogens is 1. The molecule has 4 rings (SSSR count). The summed E-state index contributed by atoms with van der Waals surface area (Å²) in [5.74, 6) is -1.24. The van der Waals surface area contributed by atoms with E-state index in [-0.39, 0.29) is 58.5 Å². The number of ether oxygens (including phenoxy) is 2. The van der Waals surface area contributed by atoms with Crippen LogP contribution in [0.4, 0.5) is 10.1 Å². The van der Waals surface area contributed by atoms with Crippen LogP contribution in [-0.4, -0.2) is 88.7 Å². The van der Waals surface area contributed by atoms with Gasteiger partial charge >= 0.3 is 0 Å². The van der Waals surface area contributed by atoms with Gasteiger partial charge in [0.25, 0.3) is 15.9 Å². The van der Waals surface area contributed by atoms with Gasteiger partial charge in [0, 0.05) is 38.3 Å². The molecule has 3 aromatic rings. The molecule has 0 bridgehead atoms. The molecule has 1 aliphatic heterocycles. The van der Waals surface area contributed by atoms with Crippen LogP contribution < -0.4 is 9.46 Å². The number of hydrogen-bond acceptors (Lipinski definition) is 8. The predicted molar refractivity (Wildman–Crippen MR) is 185 cm³/mol. The van der Waals surface area contributed by atoms with E-state index in [4.69, 9.17) is 9.47 Å². The predicted octanol–water partition coefficient (Wildman–Crippen LogP) is 5.05. The van der Waals surface area contributed by atoms with E-state index in [1.165, 1.54) is 34.5 Å². The first-order chi connectivity index (χ1) is 23.1. The van der Waals surface area contributed by atoms with Gasteiger partial charge in [0.15, 0.2) is 0 Å². The molecule has 0 saturated heterocycles. The van der Waals surface area contributed by atoms with Crippen LogP contribution in [0.25, 0.3) is 0 Å². The molecule has 268 valence electrons. The number of hydrogen-bond donors (Lipinski definition) is 2. The Labute approximate surface area is 289 Å². The van der Waals surface area contributed by atoms with Gasteiger partial charge in [0.1, 0.15) is 11.6 Å². The lowest BCUT2D eigenvalue weighted by molar-refractivity contribution is -0.00833. The molecule has 14 heteroatoms. The maximum Gasteiger partial charge on any atom is 0.261 e. The van der Waals surface area contributed by atoms with Crippen LogP contribution in [0.15, 0.2) is 76.5 Å². The zero-order valence-corrected chi connectivity index (χ0v) is 30.1. The summed E-state index contributed by atoms with van der Waals surface area (Å²) in [7, 11) is -6.46. The number of rotatable bonds is 9. The molecule has 4 atom stereocenters. The number of carbonyl (C=O) groups excluding carboxylic acids is 1. The topological polar surface area (TPSA) is 143 Å². The number of carbonyl (C=O) groups is 1. The molecule has 0 aromatic heterocycles. The second-order valence-corrected chi connectivity index (χ2v) is 16.4. The van der Waals surface area contributed by atoms with Crippen molar-refractivity contribution in [3.8, 4) is 5.75 Å². The molecule has 0 radical (unpaired) electrons. The maximum atomic E-state index is 14.4. The van der Waals surface area contributed by atoms with Crippen molar-refractivity contribution in [1.82, 2.24) is 9.21 Å². The lowest BCUT2D eigenvalue weighted by Gasteiger charge is -2.35. The van der Waals surface area contributed by atoms with E-state index in [1.807, 2.05) is 20.8 Å². The molecule has 1 heterocycles. The van der Waals surface area contributed by atoms with Crippen LogP contribution in [0.5, 0.6) is 5.75 Å². The summed E-state index contributed by atoms with van der Waals surface area (Å²) in [5.41, 5.74) is 1.10. The molecule has 1 amide bonds. The number of likely N-dealkylation sites (N-methyl/N-ethyl adjacent to an activating group) is 1. The number of aliphatic hydroxyl groups excluding tert-OH is 1. The smallest absolute Gasteiger partial charge is 0.261 e. The van der Waals surface area contributed by atoms with Gasteiger partial charge < -0.3 is 19.5 Å². The Morgan fingerprint density at radius 3 is 2.31 bits per heavy atom. The number of nitrogens with zero attached hydrogens (tertiary/aromatic N) is 2. The summed E-state index contributed by atoms with van der Waals surface area (Å²) in [4.78, 5) is 15.8. The summed E-state index contributed by atoms with van der Waals surface area (Å²) >= 11 is 0. The average molecular weight is 720 g/mol. The van der Waals surface area contributed by atoms with Crippen molar-refractivity contribution in [3.05, 3.63) is 83.7 Å². The summed E-state index contributed by atoms with van der Waals surface area (Å²) < 4.78 is 82.8. The van der Waals surface area contributed by atoms with Crippen LogP contribution >= 0.6 is 0 Å². The van der Waals surface area contributed by atoms with Gasteiger partial charge in [-0.1, -0.05) is 24.6 Å². The number of nitrogens with one attached hydrogen (secondary N) is 1. The average Bonchev–Trinajstić information content (AvgIpc) is 3.06. The number of aryl methyl sites for hydroxylation is 1. The number of benzene rings is 3. The highest BCUT2D eigenvalue weighted by Crippen LogP contribution is 2.30. The van der Waals surface area contributed by atoms with E-state index in [0.29, 0.717) is 19.4 Å². The first-order valence-electron chi connectivity index (χ1n) is 16.3. The van der Waals surface area contributed by atoms with Crippen molar-refractivity contribution in [2.75, 3.05) is 38.1 Å². The normalized spacial score (nSPS) is 20.6. The third-order valence-corrected chi connectivity index (χ3v) is 11.8. The lowest BCUT2D eigenvalue weighted by atomic mass is 10.0. The fourth-order valence-electron chi connectivity index (χ4n) is 5.52. The highest BCUT2D eigenvalue weighted by Gasteiger charge is 2.32. The number of anilines is 1.